The minimum Gasteiger partial charge on any atom is -0.0683 e. The Hall–Kier alpha value is -4.94. The van der Waals surface area contributed by atoms with Crippen molar-refractivity contribution >= 4 is 53.9 Å². The second kappa shape index (κ2) is 10.7. The first-order valence-corrected chi connectivity index (χ1v) is 15.4. The van der Waals surface area contributed by atoms with E-state index in [1.54, 1.807) is 0 Å². The van der Waals surface area contributed by atoms with Gasteiger partial charge in [0.25, 0.3) is 0 Å². The summed E-state index contributed by atoms with van der Waals surface area (Å²) in [4.78, 5) is 0. The van der Waals surface area contributed by atoms with Crippen molar-refractivity contribution in [3.8, 4) is 22.3 Å². The summed E-state index contributed by atoms with van der Waals surface area (Å²) >= 11 is 0. The van der Waals surface area contributed by atoms with E-state index in [-0.39, 0.29) is 0 Å². The first-order chi connectivity index (χ1) is 21.1. The van der Waals surface area contributed by atoms with Gasteiger partial charge < -0.3 is 0 Å². The van der Waals surface area contributed by atoms with E-state index in [2.05, 4.69) is 148 Å². The zero-order valence-electron chi connectivity index (χ0n) is 25.6. The zero-order valence-corrected chi connectivity index (χ0v) is 25.6. The maximum absolute atomic E-state index is 2.40. The van der Waals surface area contributed by atoms with Gasteiger partial charge in [0.05, 0.1) is 0 Å². The van der Waals surface area contributed by atoms with Crippen molar-refractivity contribution in [1.29, 1.82) is 0 Å². The van der Waals surface area contributed by atoms with Gasteiger partial charge >= 0.3 is 0 Å². The molecule has 0 radical (unpaired) electrons. The Kier molecular flexibility index (Phi) is 6.71. The van der Waals surface area contributed by atoms with Crippen molar-refractivity contribution < 1.29 is 0 Å². The van der Waals surface area contributed by atoms with E-state index in [1.165, 1.54) is 92.8 Å². The van der Waals surface area contributed by atoms with Gasteiger partial charge in [0.15, 0.2) is 0 Å². The van der Waals surface area contributed by atoms with E-state index in [0.29, 0.717) is 0 Å². The maximum Gasteiger partial charge on any atom is -0.00201 e. The highest BCUT2D eigenvalue weighted by Crippen LogP contribution is 2.47. The third-order valence-corrected chi connectivity index (χ3v) is 8.87. The third-order valence-electron chi connectivity index (χ3n) is 8.87. The highest BCUT2D eigenvalue weighted by Gasteiger charge is 2.20. The van der Waals surface area contributed by atoms with Gasteiger partial charge in [-0.25, -0.2) is 0 Å². The number of rotatable bonds is 2. The van der Waals surface area contributed by atoms with Crippen molar-refractivity contribution in [1.82, 2.24) is 0 Å². The summed E-state index contributed by atoms with van der Waals surface area (Å²) in [7, 11) is 0. The molecular formula is C43H36. The van der Waals surface area contributed by atoms with Crippen molar-refractivity contribution in [3.05, 3.63) is 144 Å². The standard InChI is InChI=1S/C41H30.C2H6/c1-25-21-26(2)39(27(3)22-25)41-34-16-8-6-14-32(34)40(33-15-7-9-17-35(33)41)36-18-10-12-29-23-37-30(24-38(29)36)20-19-28-11-4-5-13-31(28)37;1-2/h4-24H,1-3H3;1-2H3. The lowest BCUT2D eigenvalue weighted by Crippen LogP contribution is -1.95. The largest absolute Gasteiger partial charge is 0.0683 e. The molecule has 0 fully saturated rings. The van der Waals surface area contributed by atoms with Crippen molar-refractivity contribution in [3.63, 3.8) is 0 Å². The Morgan fingerprint density at radius 3 is 1.42 bits per heavy atom. The predicted octanol–water partition coefficient (Wildman–Crippen LogP) is 12.7. The van der Waals surface area contributed by atoms with Crippen LogP contribution in [0.4, 0.5) is 0 Å². The highest BCUT2D eigenvalue weighted by molar-refractivity contribution is 6.25. The van der Waals surface area contributed by atoms with Gasteiger partial charge in [-0.3, -0.25) is 0 Å². The SMILES string of the molecule is CC.Cc1cc(C)c(-c2c3ccccc3c(-c3cccc4cc5c(ccc6ccccc65)cc34)c3ccccc23)c(C)c1. The minimum absolute atomic E-state index is 1.27. The van der Waals surface area contributed by atoms with Crippen LogP contribution in [0.2, 0.25) is 0 Å². The molecule has 0 aliphatic rings. The average Bonchev–Trinajstić information content (AvgIpc) is 3.04. The summed E-state index contributed by atoms with van der Waals surface area (Å²) in [5.41, 5.74) is 9.26. The maximum atomic E-state index is 2.40. The van der Waals surface area contributed by atoms with Crippen LogP contribution in [-0.2, 0) is 0 Å². The number of aryl methyl sites for hydroxylation is 3. The molecule has 8 rings (SSSR count). The molecule has 8 aromatic carbocycles. The molecule has 0 aliphatic carbocycles. The lowest BCUT2D eigenvalue weighted by molar-refractivity contribution is 1.33. The summed E-state index contributed by atoms with van der Waals surface area (Å²) in [6, 6.07) is 47.4. The number of hydrogen-bond acceptors (Lipinski definition) is 0. The molecule has 0 saturated carbocycles. The molecule has 8 aromatic rings. The topological polar surface area (TPSA) is 0 Å². The quantitative estimate of drug-likeness (QED) is 0.148. The van der Waals surface area contributed by atoms with Crippen LogP contribution >= 0.6 is 0 Å². The fraction of sp³-hybridized carbons (Fsp3) is 0.116. The van der Waals surface area contributed by atoms with E-state index in [1.807, 2.05) is 13.8 Å². The molecule has 0 nitrogen and oxygen atoms in total. The average molecular weight is 553 g/mol. The van der Waals surface area contributed by atoms with Gasteiger partial charge in [-0.1, -0.05) is 135 Å². The number of benzene rings is 8. The number of hydrogen-bond donors (Lipinski definition) is 0. The summed E-state index contributed by atoms with van der Waals surface area (Å²) in [5, 5.41) is 12.9. The molecule has 0 aliphatic heterocycles. The van der Waals surface area contributed by atoms with Gasteiger partial charge in [0.2, 0.25) is 0 Å². The second-order valence-corrected chi connectivity index (χ2v) is 11.5. The number of fused-ring (bicyclic) bond motifs is 6. The second-order valence-electron chi connectivity index (χ2n) is 11.5. The van der Waals surface area contributed by atoms with Gasteiger partial charge in [-0.15, -0.1) is 0 Å². The molecule has 0 heteroatoms. The Morgan fingerprint density at radius 1 is 0.326 bits per heavy atom. The van der Waals surface area contributed by atoms with E-state index in [9.17, 15) is 0 Å². The summed E-state index contributed by atoms with van der Waals surface area (Å²) in [6.45, 7) is 10.7. The molecule has 0 unspecified atom stereocenters. The fourth-order valence-electron chi connectivity index (χ4n) is 7.26. The van der Waals surface area contributed by atoms with Crippen LogP contribution in [0.25, 0.3) is 76.1 Å². The van der Waals surface area contributed by atoms with Gasteiger partial charge in [-0.2, -0.15) is 0 Å². The van der Waals surface area contributed by atoms with E-state index in [0.717, 1.165) is 0 Å². The summed E-state index contributed by atoms with van der Waals surface area (Å²) < 4.78 is 0. The molecule has 0 heterocycles. The molecule has 0 amide bonds. The lowest BCUT2D eigenvalue weighted by Gasteiger charge is -2.21. The minimum atomic E-state index is 1.27. The van der Waals surface area contributed by atoms with E-state index >= 15 is 0 Å². The van der Waals surface area contributed by atoms with Crippen molar-refractivity contribution in [2.75, 3.05) is 0 Å². The van der Waals surface area contributed by atoms with Gasteiger partial charge in [-0.05, 0) is 120 Å². The first kappa shape index (κ1) is 26.9. The predicted molar refractivity (Wildman–Crippen MR) is 190 cm³/mol. The van der Waals surface area contributed by atoms with Crippen LogP contribution in [0.3, 0.4) is 0 Å². The van der Waals surface area contributed by atoms with Crippen LogP contribution in [0.15, 0.2) is 127 Å². The Balaban J connectivity index is 0.00000147. The highest BCUT2D eigenvalue weighted by atomic mass is 14.2. The van der Waals surface area contributed by atoms with Gasteiger partial charge in [0, 0.05) is 0 Å². The Labute approximate surface area is 254 Å². The molecule has 0 spiro atoms. The molecule has 0 saturated heterocycles. The van der Waals surface area contributed by atoms with Crippen molar-refractivity contribution in [2.24, 2.45) is 0 Å². The molecule has 208 valence electrons. The Morgan fingerprint density at radius 2 is 0.791 bits per heavy atom. The first-order valence-electron chi connectivity index (χ1n) is 15.4. The van der Waals surface area contributed by atoms with Crippen LogP contribution in [0.1, 0.15) is 30.5 Å². The molecular weight excluding hydrogens is 516 g/mol. The normalized spacial score (nSPS) is 11.4. The summed E-state index contributed by atoms with van der Waals surface area (Å²) in [5.74, 6) is 0. The fourth-order valence-corrected chi connectivity index (χ4v) is 7.26. The molecule has 0 aromatic heterocycles. The van der Waals surface area contributed by atoms with E-state index < -0.39 is 0 Å². The van der Waals surface area contributed by atoms with Crippen LogP contribution in [0.5, 0.6) is 0 Å². The third kappa shape index (κ3) is 4.29. The van der Waals surface area contributed by atoms with Crippen LogP contribution in [-0.4, -0.2) is 0 Å². The summed E-state index contributed by atoms with van der Waals surface area (Å²) in [6.07, 6.45) is 0. The van der Waals surface area contributed by atoms with Crippen LogP contribution < -0.4 is 0 Å². The van der Waals surface area contributed by atoms with Gasteiger partial charge in [0.1, 0.15) is 0 Å². The van der Waals surface area contributed by atoms with Crippen LogP contribution in [0, 0.1) is 20.8 Å². The van der Waals surface area contributed by atoms with Crippen molar-refractivity contribution in [2.45, 2.75) is 34.6 Å². The molecule has 43 heavy (non-hydrogen) atoms. The zero-order chi connectivity index (χ0) is 29.7. The Bertz CT molecular complexity index is 2250. The monoisotopic (exact) mass is 552 g/mol. The smallest absolute Gasteiger partial charge is 0.00201 e. The molecule has 0 bridgehead atoms. The lowest BCUT2D eigenvalue weighted by atomic mass is 9.82. The molecule has 0 atom stereocenters. The van der Waals surface area contributed by atoms with E-state index in [4.69, 9.17) is 0 Å². The molecule has 0 N–H and O–H groups in total.